The Hall–Kier alpha value is -3.67. The summed E-state index contributed by atoms with van der Waals surface area (Å²) in [5, 5.41) is 2.85. The highest BCUT2D eigenvalue weighted by Crippen LogP contribution is 2.36. The molecule has 33 heavy (non-hydrogen) atoms. The zero-order valence-corrected chi connectivity index (χ0v) is 19.6. The highest BCUT2D eigenvalue weighted by molar-refractivity contribution is 6.09. The monoisotopic (exact) mass is 444 g/mol. The van der Waals surface area contributed by atoms with Gasteiger partial charge in [0.2, 0.25) is 0 Å². The van der Waals surface area contributed by atoms with Crippen molar-refractivity contribution in [2.75, 3.05) is 12.4 Å². The summed E-state index contributed by atoms with van der Waals surface area (Å²) in [6.07, 6.45) is 2.41. The van der Waals surface area contributed by atoms with E-state index in [2.05, 4.69) is 5.32 Å². The summed E-state index contributed by atoms with van der Waals surface area (Å²) in [6, 6.07) is 12.8. The van der Waals surface area contributed by atoms with Crippen LogP contribution in [0.3, 0.4) is 0 Å². The molecule has 0 bridgehead atoms. The lowest BCUT2D eigenvalue weighted by Gasteiger charge is -2.31. The number of carbonyl (C=O) groups excluding carboxylic acids is 2. The number of aryl methyl sites for hydroxylation is 2. The number of aromatic nitrogens is 1. The van der Waals surface area contributed by atoms with E-state index in [-0.39, 0.29) is 16.8 Å². The summed E-state index contributed by atoms with van der Waals surface area (Å²) in [5.74, 6) is -0.120. The molecule has 1 aromatic heterocycles. The fourth-order valence-corrected chi connectivity index (χ4v) is 4.38. The van der Waals surface area contributed by atoms with Crippen LogP contribution in [0.4, 0.5) is 5.69 Å². The summed E-state index contributed by atoms with van der Waals surface area (Å²) < 4.78 is 6.78. The number of pyridine rings is 1. The topological polar surface area (TPSA) is 77.4 Å². The lowest BCUT2D eigenvalue weighted by molar-refractivity contribution is 0.0910. The second-order valence-electron chi connectivity index (χ2n) is 9.51. The van der Waals surface area contributed by atoms with E-state index in [4.69, 9.17) is 4.74 Å². The van der Waals surface area contributed by atoms with Crippen LogP contribution in [0.25, 0.3) is 5.69 Å². The second kappa shape index (κ2) is 8.35. The van der Waals surface area contributed by atoms with Crippen molar-refractivity contribution in [3.05, 3.63) is 86.8 Å². The molecule has 0 atom stereocenters. The molecule has 0 unspecified atom stereocenters. The van der Waals surface area contributed by atoms with E-state index in [1.54, 1.807) is 18.3 Å². The van der Waals surface area contributed by atoms with Gasteiger partial charge in [-0.25, -0.2) is 0 Å². The van der Waals surface area contributed by atoms with Gasteiger partial charge in [0.25, 0.3) is 11.5 Å². The van der Waals surface area contributed by atoms with E-state index in [0.717, 1.165) is 11.1 Å². The third kappa shape index (κ3) is 4.33. The number of rotatable bonds is 4. The van der Waals surface area contributed by atoms with Crippen LogP contribution in [-0.2, 0) is 6.42 Å². The molecule has 6 nitrogen and oxygen atoms in total. The highest BCUT2D eigenvalue weighted by atomic mass is 16.5. The predicted octanol–water partition coefficient (Wildman–Crippen LogP) is 4.87. The number of methoxy groups -OCH3 is 1. The van der Waals surface area contributed by atoms with Gasteiger partial charge in [0.1, 0.15) is 11.3 Å². The van der Waals surface area contributed by atoms with Gasteiger partial charge in [-0.2, -0.15) is 0 Å². The average molecular weight is 445 g/mol. The van der Waals surface area contributed by atoms with Gasteiger partial charge >= 0.3 is 0 Å². The molecular weight excluding hydrogens is 416 g/mol. The summed E-state index contributed by atoms with van der Waals surface area (Å²) in [5.41, 5.74) is 3.20. The van der Waals surface area contributed by atoms with Gasteiger partial charge in [-0.15, -0.1) is 0 Å². The Bertz CT molecular complexity index is 1320. The van der Waals surface area contributed by atoms with Crippen LogP contribution in [0, 0.1) is 19.3 Å². The number of anilines is 1. The van der Waals surface area contributed by atoms with Gasteiger partial charge in [-0.1, -0.05) is 37.6 Å². The fourth-order valence-electron chi connectivity index (χ4n) is 4.38. The number of carbonyl (C=O) groups is 2. The molecule has 170 valence electrons. The first kappa shape index (κ1) is 22.5. The quantitative estimate of drug-likeness (QED) is 0.623. The molecule has 0 fully saturated rings. The van der Waals surface area contributed by atoms with Gasteiger partial charge in [-0.3, -0.25) is 19.0 Å². The summed E-state index contributed by atoms with van der Waals surface area (Å²) in [4.78, 5) is 40.3. The molecule has 3 aromatic rings. The van der Waals surface area contributed by atoms with Gasteiger partial charge in [0.05, 0.1) is 12.8 Å². The first-order valence-electron chi connectivity index (χ1n) is 10.9. The Balaban J connectivity index is 1.91. The number of hydrogen-bond donors (Lipinski definition) is 1. The molecule has 0 saturated carbocycles. The second-order valence-corrected chi connectivity index (χ2v) is 9.51. The van der Waals surface area contributed by atoms with Crippen LogP contribution < -0.4 is 15.6 Å². The van der Waals surface area contributed by atoms with Crippen molar-refractivity contribution in [3.8, 4) is 11.4 Å². The molecule has 0 aliphatic heterocycles. The molecule has 1 amide bonds. The normalized spacial score (nSPS) is 14.5. The first-order chi connectivity index (χ1) is 15.6. The smallest absolute Gasteiger partial charge is 0.268 e. The number of ether oxygens (including phenoxy) is 1. The Morgan fingerprint density at radius 3 is 2.33 bits per heavy atom. The van der Waals surface area contributed by atoms with Crippen LogP contribution >= 0.6 is 0 Å². The van der Waals surface area contributed by atoms with Crippen LogP contribution in [0.5, 0.6) is 5.75 Å². The maximum Gasteiger partial charge on any atom is 0.268 e. The molecule has 1 aliphatic carbocycles. The maximum absolute atomic E-state index is 13.7. The van der Waals surface area contributed by atoms with Crippen LogP contribution in [0.1, 0.15) is 57.7 Å². The molecule has 1 N–H and O–H groups in total. The Morgan fingerprint density at radius 2 is 1.67 bits per heavy atom. The van der Waals surface area contributed by atoms with Crippen LogP contribution in [0.2, 0.25) is 0 Å². The van der Waals surface area contributed by atoms with Crippen molar-refractivity contribution >= 4 is 17.4 Å². The summed E-state index contributed by atoms with van der Waals surface area (Å²) >= 11 is 0. The molecule has 4 rings (SSSR count). The Morgan fingerprint density at radius 1 is 1.00 bits per heavy atom. The van der Waals surface area contributed by atoms with E-state index >= 15 is 0 Å². The molecule has 2 aromatic carbocycles. The van der Waals surface area contributed by atoms with Crippen molar-refractivity contribution in [3.63, 3.8) is 0 Å². The van der Waals surface area contributed by atoms with Crippen molar-refractivity contribution in [1.82, 2.24) is 4.57 Å². The molecular formula is C27H28N2O4. The fraction of sp³-hybridized carbons (Fsp3) is 0.296. The SMILES string of the molecule is COc1ccc(C)cc1NC(=O)c1c2c(cn(-c3ccc(C)cc3)c1=O)C(=O)CC(C)(C)C2. The maximum atomic E-state index is 13.7. The number of fused-ring (bicyclic) bond motifs is 1. The van der Waals surface area contributed by atoms with E-state index in [9.17, 15) is 14.4 Å². The van der Waals surface area contributed by atoms with Gasteiger partial charge in [0.15, 0.2) is 5.78 Å². The zero-order valence-electron chi connectivity index (χ0n) is 19.6. The van der Waals surface area contributed by atoms with Gasteiger partial charge in [0, 0.05) is 23.9 Å². The van der Waals surface area contributed by atoms with Crippen LogP contribution in [-0.4, -0.2) is 23.4 Å². The highest BCUT2D eigenvalue weighted by Gasteiger charge is 2.36. The van der Waals surface area contributed by atoms with Gasteiger partial charge in [-0.05, 0) is 61.1 Å². The number of benzene rings is 2. The standard InChI is InChI=1S/C27H28N2O4/c1-16-6-9-18(10-7-16)29-15-20-19(13-27(3,4)14-22(20)30)24(26(29)32)25(31)28-21-12-17(2)8-11-23(21)33-5/h6-12,15H,13-14H2,1-5H3,(H,28,31). The number of amides is 1. The molecule has 0 radical (unpaired) electrons. The number of ketones is 1. The molecule has 0 spiro atoms. The van der Waals surface area contributed by atoms with Gasteiger partial charge < -0.3 is 10.1 Å². The minimum Gasteiger partial charge on any atom is -0.495 e. The average Bonchev–Trinajstić information content (AvgIpc) is 2.73. The summed E-state index contributed by atoms with van der Waals surface area (Å²) in [6.45, 7) is 7.82. The van der Waals surface area contributed by atoms with E-state index in [0.29, 0.717) is 41.1 Å². The third-order valence-corrected chi connectivity index (χ3v) is 6.05. The molecule has 1 aliphatic rings. The number of Topliss-reactive ketones (excluding diaryl/α,β-unsaturated/α-hetero) is 1. The van der Waals surface area contributed by atoms with Crippen molar-refractivity contribution < 1.29 is 14.3 Å². The van der Waals surface area contributed by atoms with Crippen molar-refractivity contribution in [2.45, 2.75) is 40.5 Å². The lowest BCUT2D eigenvalue weighted by atomic mass is 9.73. The molecule has 0 saturated heterocycles. The van der Waals surface area contributed by atoms with Crippen molar-refractivity contribution in [2.24, 2.45) is 5.41 Å². The van der Waals surface area contributed by atoms with E-state index in [1.807, 2.05) is 58.0 Å². The third-order valence-electron chi connectivity index (χ3n) is 6.05. The number of nitrogens with zero attached hydrogens (tertiary/aromatic N) is 1. The number of hydrogen-bond acceptors (Lipinski definition) is 4. The predicted molar refractivity (Wildman–Crippen MR) is 129 cm³/mol. The summed E-state index contributed by atoms with van der Waals surface area (Å²) in [7, 11) is 1.52. The lowest BCUT2D eigenvalue weighted by Crippen LogP contribution is -2.37. The minimum atomic E-state index is -0.549. The zero-order chi connectivity index (χ0) is 23.9. The van der Waals surface area contributed by atoms with Crippen LogP contribution in [0.15, 0.2) is 53.5 Å². The largest absolute Gasteiger partial charge is 0.495 e. The van der Waals surface area contributed by atoms with Crippen molar-refractivity contribution in [1.29, 1.82) is 0 Å². The Kier molecular flexibility index (Phi) is 5.70. The van der Waals surface area contributed by atoms with E-state index < -0.39 is 11.5 Å². The first-order valence-corrected chi connectivity index (χ1v) is 10.9. The van der Waals surface area contributed by atoms with E-state index in [1.165, 1.54) is 11.7 Å². The Labute approximate surface area is 193 Å². The molecule has 6 heteroatoms. The molecule has 1 heterocycles. The number of nitrogens with one attached hydrogen (secondary N) is 1. The minimum absolute atomic E-state index is 0.00207.